The summed E-state index contributed by atoms with van der Waals surface area (Å²) in [7, 11) is 0. The highest BCUT2D eigenvalue weighted by Gasteiger charge is 2.22. The second kappa shape index (κ2) is 8.73. The monoisotopic (exact) mass is 270 g/mol. The van der Waals surface area contributed by atoms with Gasteiger partial charge in [0.1, 0.15) is 5.57 Å². The van der Waals surface area contributed by atoms with E-state index in [1.807, 2.05) is 41.5 Å². The molecule has 4 heteroatoms. The third-order valence-electron chi connectivity index (χ3n) is 2.04. The van der Waals surface area contributed by atoms with Crippen LogP contribution in [-0.2, 0) is 19.1 Å². The molecule has 0 rings (SSSR count). The average molecular weight is 270 g/mol. The van der Waals surface area contributed by atoms with Crippen LogP contribution in [0, 0.1) is 17.8 Å². The van der Waals surface area contributed by atoms with Gasteiger partial charge in [0.25, 0.3) is 0 Å². The van der Waals surface area contributed by atoms with Crippen LogP contribution in [0.4, 0.5) is 0 Å². The Kier molecular flexibility index (Phi) is 8.12. The lowest BCUT2D eigenvalue weighted by atomic mass is 10.1. The highest BCUT2D eigenvalue weighted by atomic mass is 16.6. The molecule has 0 spiro atoms. The van der Waals surface area contributed by atoms with Crippen molar-refractivity contribution >= 4 is 11.9 Å². The summed E-state index contributed by atoms with van der Waals surface area (Å²) in [5.41, 5.74) is -0.00343. The number of carbonyl (C=O) groups is 2. The molecule has 0 aromatic rings. The Hall–Kier alpha value is -1.32. The molecule has 0 atom stereocenters. The molecule has 0 saturated carbocycles. The molecule has 0 aliphatic heterocycles. The molecule has 0 heterocycles. The van der Waals surface area contributed by atoms with E-state index in [4.69, 9.17) is 9.47 Å². The van der Waals surface area contributed by atoms with E-state index in [9.17, 15) is 9.59 Å². The summed E-state index contributed by atoms with van der Waals surface area (Å²) >= 11 is 0. The first kappa shape index (κ1) is 17.7. The fourth-order valence-electron chi connectivity index (χ4n) is 1.19. The van der Waals surface area contributed by atoms with Crippen molar-refractivity contribution in [1.82, 2.24) is 0 Å². The quantitative estimate of drug-likeness (QED) is 0.309. The van der Waals surface area contributed by atoms with Crippen molar-refractivity contribution in [1.29, 1.82) is 0 Å². The van der Waals surface area contributed by atoms with Crippen molar-refractivity contribution in [2.75, 3.05) is 13.2 Å². The number of carbonyl (C=O) groups excluding carboxylic acids is 2. The lowest BCUT2D eigenvalue weighted by Crippen LogP contribution is -2.22. The molecule has 0 bridgehead atoms. The SMILES string of the molecule is CC(C)C=C(C(=O)OCC(C)C)C(=O)OCC(C)C. The molecule has 0 aliphatic carbocycles. The Morgan fingerprint density at radius 1 is 0.842 bits per heavy atom. The summed E-state index contributed by atoms with van der Waals surface area (Å²) in [5, 5.41) is 0. The van der Waals surface area contributed by atoms with E-state index in [-0.39, 0.29) is 23.3 Å². The van der Waals surface area contributed by atoms with E-state index < -0.39 is 11.9 Å². The topological polar surface area (TPSA) is 52.6 Å². The molecule has 0 N–H and O–H groups in total. The van der Waals surface area contributed by atoms with Crippen molar-refractivity contribution in [3.63, 3.8) is 0 Å². The summed E-state index contributed by atoms with van der Waals surface area (Å²) in [6.07, 6.45) is 1.59. The van der Waals surface area contributed by atoms with Gasteiger partial charge in [0, 0.05) is 0 Å². The minimum Gasteiger partial charge on any atom is -0.462 e. The first-order chi connectivity index (χ1) is 8.73. The van der Waals surface area contributed by atoms with E-state index in [1.54, 1.807) is 6.08 Å². The predicted molar refractivity (Wildman–Crippen MR) is 74.5 cm³/mol. The van der Waals surface area contributed by atoms with Crippen LogP contribution in [0.3, 0.4) is 0 Å². The summed E-state index contributed by atoms with van der Waals surface area (Å²) in [6, 6.07) is 0. The molecule has 0 aliphatic rings. The average Bonchev–Trinajstić information content (AvgIpc) is 2.29. The maximum atomic E-state index is 11.9. The van der Waals surface area contributed by atoms with Gasteiger partial charge in [0.2, 0.25) is 0 Å². The molecule has 110 valence electrons. The smallest absolute Gasteiger partial charge is 0.345 e. The minimum atomic E-state index is -0.601. The Labute approximate surface area is 116 Å². The van der Waals surface area contributed by atoms with Gasteiger partial charge in [-0.15, -0.1) is 0 Å². The van der Waals surface area contributed by atoms with Crippen LogP contribution in [0.25, 0.3) is 0 Å². The Balaban J connectivity index is 4.72. The molecule has 0 amide bonds. The zero-order chi connectivity index (χ0) is 15.0. The van der Waals surface area contributed by atoms with Crippen LogP contribution < -0.4 is 0 Å². The lowest BCUT2D eigenvalue weighted by Gasteiger charge is -2.12. The van der Waals surface area contributed by atoms with Crippen molar-refractivity contribution < 1.29 is 19.1 Å². The fraction of sp³-hybridized carbons (Fsp3) is 0.733. The molecule has 4 nitrogen and oxygen atoms in total. The van der Waals surface area contributed by atoms with Gasteiger partial charge >= 0.3 is 11.9 Å². The van der Waals surface area contributed by atoms with Crippen LogP contribution in [0.1, 0.15) is 41.5 Å². The highest BCUT2D eigenvalue weighted by molar-refractivity contribution is 6.14. The molecule has 0 aromatic heterocycles. The molecular formula is C15H26O4. The van der Waals surface area contributed by atoms with Crippen LogP contribution in [0.5, 0.6) is 0 Å². The number of rotatable bonds is 7. The third kappa shape index (κ3) is 8.41. The van der Waals surface area contributed by atoms with E-state index in [0.717, 1.165) is 0 Å². The Bertz CT molecular complexity index is 301. The van der Waals surface area contributed by atoms with Crippen LogP contribution in [-0.4, -0.2) is 25.2 Å². The van der Waals surface area contributed by atoms with E-state index >= 15 is 0 Å². The lowest BCUT2D eigenvalue weighted by molar-refractivity contribution is -0.148. The van der Waals surface area contributed by atoms with Gasteiger partial charge in [-0.25, -0.2) is 9.59 Å². The fourth-order valence-corrected chi connectivity index (χ4v) is 1.19. The van der Waals surface area contributed by atoms with Crippen LogP contribution in [0.15, 0.2) is 11.6 Å². The third-order valence-corrected chi connectivity index (χ3v) is 2.04. The molecular weight excluding hydrogens is 244 g/mol. The van der Waals surface area contributed by atoms with Gasteiger partial charge in [0.15, 0.2) is 0 Å². The number of hydrogen-bond acceptors (Lipinski definition) is 4. The van der Waals surface area contributed by atoms with Crippen molar-refractivity contribution in [3.8, 4) is 0 Å². The van der Waals surface area contributed by atoms with Gasteiger partial charge in [-0.05, 0) is 17.8 Å². The Morgan fingerprint density at radius 2 is 1.21 bits per heavy atom. The maximum absolute atomic E-state index is 11.9. The van der Waals surface area contributed by atoms with Crippen LogP contribution >= 0.6 is 0 Å². The zero-order valence-corrected chi connectivity index (χ0v) is 12.9. The van der Waals surface area contributed by atoms with Crippen LogP contribution in [0.2, 0.25) is 0 Å². The number of hydrogen-bond donors (Lipinski definition) is 0. The summed E-state index contributed by atoms with van der Waals surface area (Å²) in [5.74, 6) is -0.660. The molecule has 19 heavy (non-hydrogen) atoms. The first-order valence-corrected chi connectivity index (χ1v) is 6.80. The van der Waals surface area contributed by atoms with Crippen molar-refractivity contribution in [2.24, 2.45) is 17.8 Å². The molecule has 0 aromatic carbocycles. The van der Waals surface area contributed by atoms with E-state index in [1.165, 1.54) is 0 Å². The highest BCUT2D eigenvalue weighted by Crippen LogP contribution is 2.09. The second-order valence-corrected chi connectivity index (χ2v) is 5.81. The number of allylic oxidation sites excluding steroid dienone is 1. The van der Waals surface area contributed by atoms with Crippen molar-refractivity contribution in [2.45, 2.75) is 41.5 Å². The van der Waals surface area contributed by atoms with Gasteiger partial charge in [0.05, 0.1) is 13.2 Å². The molecule has 0 radical (unpaired) electrons. The largest absolute Gasteiger partial charge is 0.462 e. The van der Waals surface area contributed by atoms with Gasteiger partial charge in [-0.1, -0.05) is 47.6 Å². The standard InChI is InChI=1S/C15H26O4/c1-10(2)7-13(14(16)18-8-11(3)4)15(17)19-9-12(5)6/h7,10-12H,8-9H2,1-6H3. The molecule has 0 saturated heterocycles. The van der Waals surface area contributed by atoms with Crippen molar-refractivity contribution in [3.05, 3.63) is 11.6 Å². The number of esters is 2. The number of ether oxygens (including phenoxy) is 2. The minimum absolute atomic E-state index is 0.00343. The van der Waals surface area contributed by atoms with Gasteiger partial charge < -0.3 is 9.47 Å². The normalized spacial score (nSPS) is 10.8. The zero-order valence-electron chi connectivity index (χ0n) is 12.9. The maximum Gasteiger partial charge on any atom is 0.345 e. The van der Waals surface area contributed by atoms with E-state index in [2.05, 4.69) is 0 Å². The van der Waals surface area contributed by atoms with Gasteiger partial charge in [-0.3, -0.25) is 0 Å². The van der Waals surface area contributed by atoms with Gasteiger partial charge in [-0.2, -0.15) is 0 Å². The predicted octanol–water partition coefficient (Wildman–Crippen LogP) is 2.97. The summed E-state index contributed by atoms with van der Waals surface area (Å²) in [6.45, 7) is 12.1. The van der Waals surface area contributed by atoms with E-state index in [0.29, 0.717) is 13.2 Å². The summed E-state index contributed by atoms with van der Waals surface area (Å²) in [4.78, 5) is 23.8. The molecule has 0 fully saturated rings. The first-order valence-electron chi connectivity index (χ1n) is 6.80. The second-order valence-electron chi connectivity index (χ2n) is 5.81. The summed E-state index contributed by atoms with van der Waals surface area (Å²) < 4.78 is 10.2. The molecule has 0 unspecified atom stereocenters. The Morgan fingerprint density at radius 3 is 1.47 bits per heavy atom.